The maximum atomic E-state index is 14.0. The molecule has 0 bridgehead atoms. The number of rotatable bonds is 12. The molecule has 0 radical (unpaired) electrons. The highest BCUT2D eigenvalue weighted by Gasteiger charge is 2.40. The van der Waals surface area contributed by atoms with Gasteiger partial charge in [-0.1, -0.05) is 18.2 Å². The van der Waals surface area contributed by atoms with Crippen molar-refractivity contribution in [3.05, 3.63) is 71.9 Å². The fourth-order valence-electron chi connectivity index (χ4n) is 5.29. The number of aliphatic hydroxyl groups is 1. The van der Waals surface area contributed by atoms with Crippen molar-refractivity contribution in [3.63, 3.8) is 0 Å². The molecular formula is C29H37FN4O4. The van der Waals surface area contributed by atoms with Crippen LogP contribution >= 0.6 is 0 Å². The summed E-state index contributed by atoms with van der Waals surface area (Å²) in [6, 6.07) is 14.8. The Morgan fingerprint density at radius 3 is 2.66 bits per heavy atom. The summed E-state index contributed by atoms with van der Waals surface area (Å²) < 4.78 is 26.8. The third kappa shape index (κ3) is 7.03. The van der Waals surface area contributed by atoms with E-state index in [9.17, 15) is 14.3 Å². The van der Waals surface area contributed by atoms with Gasteiger partial charge in [0, 0.05) is 50.9 Å². The molecule has 9 heteroatoms. The lowest BCUT2D eigenvalue weighted by Crippen LogP contribution is -2.29. The first kappa shape index (κ1) is 27.9. The van der Waals surface area contributed by atoms with E-state index in [-0.39, 0.29) is 36.8 Å². The van der Waals surface area contributed by atoms with Crippen LogP contribution in [0, 0.1) is 11.9 Å². The van der Waals surface area contributed by atoms with Crippen molar-refractivity contribution in [2.45, 2.75) is 57.2 Å². The molecule has 1 N–H and O–H groups in total. The normalized spacial score (nSPS) is 20.1. The van der Waals surface area contributed by atoms with Gasteiger partial charge in [0.1, 0.15) is 12.4 Å². The number of methoxy groups -OCH3 is 1. The summed E-state index contributed by atoms with van der Waals surface area (Å²) in [5.74, 6) is -0.0765. The first-order valence-electron chi connectivity index (χ1n) is 13.0. The first-order chi connectivity index (χ1) is 18.1. The Morgan fingerprint density at radius 2 is 1.97 bits per heavy atom. The van der Waals surface area contributed by atoms with Gasteiger partial charge in [-0.25, -0.2) is 9.67 Å². The quantitative estimate of drug-likeness (QED) is 0.356. The highest BCUT2D eigenvalue weighted by Crippen LogP contribution is 2.43. The lowest BCUT2D eigenvalue weighted by molar-refractivity contribution is -0.119. The summed E-state index contributed by atoms with van der Waals surface area (Å²) in [5, 5.41) is 14.6. The molecule has 0 unspecified atom stereocenters. The Morgan fingerprint density at radius 1 is 1.21 bits per heavy atom. The number of Topliss-reactive ketones (excluding diaryl/α,β-unsaturated/α-hetero) is 1. The second kappa shape index (κ2) is 12.1. The van der Waals surface area contributed by atoms with Gasteiger partial charge in [-0.2, -0.15) is 4.39 Å². The molecule has 0 amide bonds. The van der Waals surface area contributed by atoms with Crippen molar-refractivity contribution >= 4 is 5.78 Å². The molecule has 204 valence electrons. The number of nitrogens with zero attached hydrogens (tertiary/aromatic N) is 4. The van der Waals surface area contributed by atoms with E-state index in [1.165, 1.54) is 12.3 Å². The van der Waals surface area contributed by atoms with Gasteiger partial charge < -0.3 is 14.6 Å². The molecule has 1 fully saturated rings. The number of ether oxygens (including phenoxy) is 2. The summed E-state index contributed by atoms with van der Waals surface area (Å²) in [5.41, 5.74) is 1.34. The summed E-state index contributed by atoms with van der Waals surface area (Å²) >= 11 is 0. The number of halogens is 1. The number of hydrogen-bond donors (Lipinski definition) is 1. The molecule has 38 heavy (non-hydrogen) atoms. The van der Waals surface area contributed by atoms with E-state index in [0.717, 1.165) is 24.1 Å². The summed E-state index contributed by atoms with van der Waals surface area (Å²) in [4.78, 5) is 19.4. The summed E-state index contributed by atoms with van der Waals surface area (Å²) in [7, 11) is 3.71. The predicted molar refractivity (Wildman–Crippen MR) is 142 cm³/mol. The minimum absolute atomic E-state index is 0.0233. The van der Waals surface area contributed by atoms with Crippen LogP contribution in [0.3, 0.4) is 0 Å². The van der Waals surface area contributed by atoms with Gasteiger partial charge in [-0.3, -0.25) is 9.69 Å². The van der Waals surface area contributed by atoms with Gasteiger partial charge in [0.05, 0.1) is 17.0 Å². The van der Waals surface area contributed by atoms with Crippen LogP contribution in [0.15, 0.2) is 54.7 Å². The highest BCUT2D eigenvalue weighted by atomic mass is 19.1. The second-order valence-corrected chi connectivity index (χ2v) is 10.7. The van der Waals surface area contributed by atoms with Crippen LogP contribution in [-0.2, 0) is 16.0 Å². The maximum absolute atomic E-state index is 14.0. The molecule has 1 aliphatic rings. The molecule has 3 aromatic rings. The molecule has 1 aromatic carbocycles. The zero-order valence-corrected chi connectivity index (χ0v) is 22.5. The van der Waals surface area contributed by atoms with Crippen LogP contribution < -0.4 is 4.74 Å². The third-order valence-electron chi connectivity index (χ3n) is 6.99. The van der Waals surface area contributed by atoms with Crippen molar-refractivity contribution in [1.82, 2.24) is 19.7 Å². The fourth-order valence-corrected chi connectivity index (χ4v) is 5.29. The summed E-state index contributed by atoms with van der Waals surface area (Å²) in [6.07, 6.45) is 3.66. The minimum atomic E-state index is -1.01. The van der Waals surface area contributed by atoms with E-state index in [4.69, 9.17) is 9.47 Å². The first-order valence-corrected chi connectivity index (χ1v) is 13.0. The van der Waals surface area contributed by atoms with Crippen LogP contribution in [0.2, 0.25) is 0 Å². The number of para-hydroxylation sites is 1. The van der Waals surface area contributed by atoms with Crippen LogP contribution in [-0.4, -0.2) is 69.6 Å². The number of aromatic nitrogens is 3. The number of likely N-dealkylation sites (tertiary alicyclic amines) is 1. The second-order valence-electron chi connectivity index (χ2n) is 10.7. The van der Waals surface area contributed by atoms with Crippen molar-refractivity contribution in [2.24, 2.45) is 5.92 Å². The zero-order chi connectivity index (χ0) is 27.3. The average molecular weight is 525 g/mol. The number of benzene rings is 1. The Labute approximate surface area is 223 Å². The largest absolute Gasteiger partial charge is 0.474 e. The van der Waals surface area contributed by atoms with Crippen LogP contribution in [0.25, 0.3) is 5.69 Å². The number of ketones is 1. The van der Waals surface area contributed by atoms with Crippen LogP contribution in [0.4, 0.5) is 4.39 Å². The molecule has 8 nitrogen and oxygen atoms in total. The van der Waals surface area contributed by atoms with Crippen molar-refractivity contribution in [2.75, 3.05) is 27.4 Å². The van der Waals surface area contributed by atoms with Crippen molar-refractivity contribution < 1.29 is 23.8 Å². The van der Waals surface area contributed by atoms with Gasteiger partial charge in [-0.15, -0.1) is 5.10 Å². The van der Waals surface area contributed by atoms with Gasteiger partial charge >= 0.3 is 0 Å². The monoisotopic (exact) mass is 524 g/mol. The lowest BCUT2D eigenvalue weighted by Gasteiger charge is -2.28. The predicted octanol–water partition coefficient (Wildman–Crippen LogP) is 4.16. The standard InChI is InChI=1S/C29H37FN4O4/c1-29(2,36)19-38-27-18-24(34(32-27)22-8-6-5-7-9-22)17-25(35)15-21-14-23(11-13-37-4)33(3)28(21)20-10-12-31-26(30)16-20/h5-10,12,16,18,21,23,28,36H,11,13-15,17,19H2,1-4H3/t21-,23+,28-/m0/s1. The van der Waals surface area contributed by atoms with E-state index in [0.29, 0.717) is 24.6 Å². The van der Waals surface area contributed by atoms with Gasteiger partial charge in [0.2, 0.25) is 11.8 Å². The lowest BCUT2D eigenvalue weighted by atomic mass is 9.88. The summed E-state index contributed by atoms with van der Waals surface area (Å²) in [6.45, 7) is 4.02. The Balaban J connectivity index is 1.55. The maximum Gasteiger partial charge on any atom is 0.233 e. The molecule has 0 spiro atoms. The smallest absolute Gasteiger partial charge is 0.233 e. The highest BCUT2D eigenvalue weighted by molar-refractivity contribution is 5.81. The van der Waals surface area contributed by atoms with Crippen LogP contribution in [0.1, 0.15) is 50.4 Å². The SMILES string of the molecule is COCC[C@@H]1C[C@@H](CC(=O)Cc2cc(OCC(C)(C)O)nn2-c2ccccc2)[C@H](c2ccnc(F)c2)N1C. The van der Waals surface area contributed by atoms with E-state index in [2.05, 4.69) is 15.0 Å². The van der Waals surface area contributed by atoms with E-state index >= 15 is 0 Å². The third-order valence-corrected chi connectivity index (χ3v) is 6.99. The topological polar surface area (TPSA) is 89.7 Å². The number of hydrogen-bond acceptors (Lipinski definition) is 7. The Bertz CT molecular complexity index is 1210. The van der Waals surface area contributed by atoms with Gasteiger partial charge in [0.25, 0.3) is 0 Å². The zero-order valence-electron chi connectivity index (χ0n) is 22.5. The molecule has 4 rings (SSSR count). The van der Waals surface area contributed by atoms with Crippen molar-refractivity contribution in [1.29, 1.82) is 0 Å². The number of carbonyl (C=O) groups is 1. The van der Waals surface area contributed by atoms with Crippen LogP contribution in [0.5, 0.6) is 5.88 Å². The minimum Gasteiger partial charge on any atom is -0.474 e. The van der Waals surface area contributed by atoms with Crippen molar-refractivity contribution in [3.8, 4) is 11.6 Å². The number of carbonyl (C=O) groups excluding carboxylic acids is 1. The Kier molecular flexibility index (Phi) is 8.91. The van der Waals surface area contributed by atoms with E-state index in [1.807, 2.05) is 43.4 Å². The average Bonchev–Trinajstić information content (AvgIpc) is 3.41. The molecule has 0 aliphatic carbocycles. The fraction of sp³-hybridized carbons (Fsp3) is 0.483. The van der Waals surface area contributed by atoms with E-state index in [1.54, 1.807) is 31.7 Å². The molecular weight excluding hydrogens is 487 g/mol. The molecule has 3 heterocycles. The Hall–Kier alpha value is -3.14. The molecule has 1 saturated heterocycles. The van der Waals surface area contributed by atoms with Gasteiger partial charge in [-0.05, 0) is 69.5 Å². The molecule has 1 aliphatic heterocycles. The van der Waals surface area contributed by atoms with E-state index < -0.39 is 11.5 Å². The molecule has 2 aromatic heterocycles. The van der Waals surface area contributed by atoms with Gasteiger partial charge in [0.15, 0.2) is 0 Å². The number of pyridine rings is 1. The molecule has 3 atom stereocenters. The molecule has 0 saturated carbocycles.